The van der Waals surface area contributed by atoms with Gasteiger partial charge in [0, 0.05) is 34.5 Å². The van der Waals surface area contributed by atoms with Gasteiger partial charge in [-0.25, -0.2) is 0 Å². The third-order valence-electron chi connectivity index (χ3n) is 5.57. The van der Waals surface area contributed by atoms with Crippen LogP contribution < -0.4 is 15.8 Å². The lowest BCUT2D eigenvalue weighted by Crippen LogP contribution is -2.50. The maximum atomic E-state index is 13.0. The average molecular weight is 401 g/mol. The highest BCUT2D eigenvalue weighted by Crippen LogP contribution is 2.39. The highest BCUT2D eigenvalue weighted by Gasteiger charge is 2.38. The molecule has 1 unspecified atom stereocenters. The van der Waals surface area contributed by atoms with E-state index in [4.69, 9.17) is 12.2 Å². The lowest BCUT2D eigenvalue weighted by Gasteiger charge is -2.40. The predicted molar refractivity (Wildman–Crippen MR) is 118 cm³/mol. The fourth-order valence-electron chi connectivity index (χ4n) is 4.25. The van der Waals surface area contributed by atoms with Gasteiger partial charge in [0.15, 0.2) is 10.9 Å². The summed E-state index contributed by atoms with van der Waals surface area (Å²) in [5, 5.41) is 4.70. The molecule has 144 valence electrons. The molecule has 6 heteroatoms. The lowest BCUT2D eigenvalue weighted by atomic mass is 9.84. The molecule has 5 rings (SSSR count). The van der Waals surface area contributed by atoms with Gasteiger partial charge in [0.05, 0.1) is 6.04 Å². The molecule has 2 aromatic carbocycles. The second-order valence-electron chi connectivity index (χ2n) is 7.33. The Morgan fingerprint density at radius 3 is 2.55 bits per heavy atom. The first-order chi connectivity index (χ1) is 14.1. The minimum atomic E-state index is -0.543. The highest BCUT2D eigenvalue weighted by atomic mass is 32.1. The van der Waals surface area contributed by atoms with Crippen LogP contribution in [-0.4, -0.2) is 15.9 Å². The third kappa shape index (κ3) is 2.96. The number of carbonyl (C=O) groups excluding carboxylic acids is 1. The van der Waals surface area contributed by atoms with Gasteiger partial charge in [-0.05, 0) is 54.7 Å². The molecule has 2 heterocycles. The largest absolute Gasteiger partial charge is 0.351 e. The van der Waals surface area contributed by atoms with Crippen molar-refractivity contribution in [3.63, 3.8) is 0 Å². The number of hydrogen-bond acceptors (Lipinski definition) is 3. The van der Waals surface area contributed by atoms with Crippen LogP contribution in [0.25, 0.3) is 10.9 Å². The number of Topliss-reactive ketones (excluding diaryl/α,β-unsaturated/α-hetero) is 1. The van der Waals surface area contributed by atoms with Crippen molar-refractivity contribution in [2.45, 2.75) is 25.3 Å². The monoisotopic (exact) mass is 401 g/mol. The Hall–Kier alpha value is -3.25. The summed E-state index contributed by atoms with van der Waals surface area (Å²) in [6.45, 7) is 0. The fourth-order valence-corrected chi connectivity index (χ4v) is 4.58. The zero-order chi connectivity index (χ0) is 20.0. The van der Waals surface area contributed by atoms with Crippen LogP contribution in [-0.2, 0) is 4.79 Å². The number of allylic oxidation sites excluding steroid dienone is 1. The summed E-state index contributed by atoms with van der Waals surface area (Å²) in [5.74, 6) is 0.0692. The Morgan fingerprint density at radius 2 is 1.72 bits per heavy atom. The van der Waals surface area contributed by atoms with E-state index in [0.29, 0.717) is 22.7 Å². The number of anilines is 1. The molecule has 1 aromatic heterocycles. The molecular formula is C23H19N3O2S. The van der Waals surface area contributed by atoms with Crippen molar-refractivity contribution in [3.05, 3.63) is 87.9 Å². The minimum Gasteiger partial charge on any atom is -0.351 e. The van der Waals surface area contributed by atoms with E-state index in [9.17, 15) is 9.59 Å². The van der Waals surface area contributed by atoms with E-state index in [1.807, 2.05) is 65.6 Å². The maximum absolute atomic E-state index is 13.0. The average Bonchev–Trinajstić information content (AvgIpc) is 2.73. The zero-order valence-electron chi connectivity index (χ0n) is 15.6. The minimum absolute atomic E-state index is 0.0692. The van der Waals surface area contributed by atoms with Crippen molar-refractivity contribution >= 4 is 39.7 Å². The van der Waals surface area contributed by atoms with Crippen molar-refractivity contribution in [2.24, 2.45) is 0 Å². The first-order valence-electron chi connectivity index (χ1n) is 9.67. The van der Waals surface area contributed by atoms with Crippen LogP contribution in [0, 0.1) is 0 Å². The molecule has 2 aliphatic rings. The number of pyridine rings is 1. The maximum Gasteiger partial charge on any atom is 0.254 e. The smallest absolute Gasteiger partial charge is 0.254 e. The van der Waals surface area contributed by atoms with Crippen LogP contribution in [0.5, 0.6) is 0 Å². The summed E-state index contributed by atoms with van der Waals surface area (Å²) in [5.41, 5.74) is 3.54. The van der Waals surface area contributed by atoms with E-state index in [1.165, 1.54) is 0 Å². The van der Waals surface area contributed by atoms with E-state index >= 15 is 0 Å². The number of fused-ring (bicyclic) bond motifs is 1. The van der Waals surface area contributed by atoms with Crippen molar-refractivity contribution in [3.8, 4) is 0 Å². The van der Waals surface area contributed by atoms with Gasteiger partial charge < -0.3 is 10.3 Å². The number of carbonyl (C=O) groups is 1. The fraction of sp³-hybridized carbons (Fsp3) is 0.174. The molecule has 1 atom stereocenters. The summed E-state index contributed by atoms with van der Waals surface area (Å²) in [4.78, 5) is 30.8. The molecule has 0 amide bonds. The van der Waals surface area contributed by atoms with Crippen molar-refractivity contribution in [1.82, 2.24) is 10.3 Å². The van der Waals surface area contributed by atoms with Crippen molar-refractivity contribution in [2.75, 3.05) is 4.90 Å². The van der Waals surface area contributed by atoms with E-state index < -0.39 is 6.04 Å². The number of ketones is 1. The first kappa shape index (κ1) is 17.8. The number of aromatic nitrogens is 1. The highest BCUT2D eigenvalue weighted by molar-refractivity contribution is 7.80. The zero-order valence-corrected chi connectivity index (χ0v) is 16.5. The third-order valence-corrected chi connectivity index (χ3v) is 5.87. The van der Waals surface area contributed by atoms with Crippen molar-refractivity contribution in [1.29, 1.82) is 0 Å². The van der Waals surface area contributed by atoms with Crippen LogP contribution in [0.1, 0.15) is 30.9 Å². The Labute approximate surface area is 173 Å². The summed E-state index contributed by atoms with van der Waals surface area (Å²) in [6.07, 6.45) is 2.02. The molecular weight excluding hydrogens is 382 g/mol. The summed E-state index contributed by atoms with van der Waals surface area (Å²) in [7, 11) is 0. The second-order valence-corrected chi connectivity index (χ2v) is 7.72. The standard InChI is InChI=1S/C23H19N3O2S/c27-19-12-6-11-18-20(19)21(25-23(29)26(18)15-8-2-1-3-9-15)16-13-14-7-4-5-10-17(14)24-22(16)28/h1-5,7-10,13,21H,6,11-12H2,(H,24,28)(H,25,29). The summed E-state index contributed by atoms with van der Waals surface area (Å²) >= 11 is 5.69. The molecule has 1 aliphatic heterocycles. The molecule has 0 spiro atoms. The molecule has 3 aromatic rings. The predicted octanol–water partition coefficient (Wildman–Crippen LogP) is 3.97. The van der Waals surface area contributed by atoms with Gasteiger partial charge in [-0.1, -0.05) is 36.4 Å². The molecule has 0 saturated carbocycles. The van der Waals surface area contributed by atoms with Gasteiger partial charge in [0.1, 0.15) is 0 Å². The Bertz CT molecular complexity index is 1230. The van der Waals surface area contributed by atoms with Gasteiger partial charge in [-0.15, -0.1) is 0 Å². The number of nitrogens with one attached hydrogen (secondary N) is 2. The van der Waals surface area contributed by atoms with Crippen LogP contribution in [0.15, 0.2) is 76.7 Å². The second kappa shape index (κ2) is 6.97. The SMILES string of the molecule is O=C1CCCC2=C1C(c1cc3ccccc3[nH]c1=O)NC(=S)N2c1ccccc1. The number of aromatic amines is 1. The molecule has 0 radical (unpaired) electrons. The number of H-pyrrole nitrogens is 1. The van der Waals surface area contributed by atoms with E-state index in [1.54, 1.807) is 0 Å². The first-order valence-corrected chi connectivity index (χ1v) is 10.1. The number of benzene rings is 2. The van der Waals surface area contributed by atoms with Gasteiger partial charge in [-0.2, -0.15) is 0 Å². The van der Waals surface area contributed by atoms with Crippen LogP contribution in [0.2, 0.25) is 0 Å². The topological polar surface area (TPSA) is 65.2 Å². The van der Waals surface area contributed by atoms with Gasteiger partial charge >= 0.3 is 0 Å². The molecule has 5 nitrogen and oxygen atoms in total. The van der Waals surface area contributed by atoms with Gasteiger partial charge in [-0.3, -0.25) is 14.5 Å². The molecule has 0 bridgehead atoms. The van der Waals surface area contributed by atoms with Crippen LogP contribution in [0.3, 0.4) is 0 Å². The van der Waals surface area contributed by atoms with Crippen LogP contribution >= 0.6 is 12.2 Å². The quantitative estimate of drug-likeness (QED) is 0.636. The van der Waals surface area contributed by atoms with E-state index in [-0.39, 0.29) is 11.3 Å². The van der Waals surface area contributed by atoms with E-state index in [0.717, 1.165) is 35.1 Å². The number of thiocarbonyl (C=S) groups is 1. The molecule has 0 saturated heterocycles. The molecule has 2 N–H and O–H groups in total. The summed E-state index contributed by atoms with van der Waals surface area (Å²) in [6, 6.07) is 18.7. The summed E-state index contributed by atoms with van der Waals surface area (Å²) < 4.78 is 0. The lowest BCUT2D eigenvalue weighted by molar-refractivity contribution is -0.116. The van der Waals surface area contributed by atoms with Crippen LogP contribution in [0.4, 0.5) is 5.69 Å². The Kier molecular flexibility index (Phi) is 4.28. The Balaban J connectivity index is 1.71. The Morgan fingerprint density at radius 1 is 0.966 bits per heavy atom. The molecule has 0 fully saturated rings. The van der Waals surface area contributed by atoms with Gasteiger partial charge in [0.25, 0.3) is 5.56 Å². The molecule has 1 aliphatic carbocycles. The normalized spacial score (nSPS) is 19.3. The molecule has 29 heavy (non-hydrogen) atoms. The van der Waals surface area contributed by atoms with Gasteiger partial charge in [0.2, 0.25) is 0 Å². The number of hydrogen-bond donors (Lipinski definition) is 2. The van der Waals surface area contributed by atoms with E-state index in [2.05, 4.69) is 10.3 Å². The number of rotatable bonds is 2. The van der Waals surface area contributed by atoms with Crippen molar-refractivity contribution < 1.29 is 4.79 Å². The number of nitrogens with zero attached hydrogens (tertiary/aromatic N) is 1. The number of para-hydroxylation sites is 2.